The van der Waals surface area contributed by atoms with Crippen LogP contribution in [0.25, 0.3) is 0 Å². The number of aliphatic imine (C=N–C) groups is 1. The summed E-state index contributed by atoms with van der Waals surface area (Å²) in [6, 6.07) is 5.73. The molecule has 0 saturated heterocycles. The lowest BCUT2D eigenvalue weighted by Gasteiger charge is -2.30. The lowest BCUT2D eigenvalue weighted by molar-refractivity contribution is 0.295. The van der Waals surface area contributed by atoms with Gasteiger partial charge in [0.2, 0.25) is 0 Å². The van der Waals surface area contributed by atoms with E-state index in [2.05, 4.69) is 22.5 Å². The number of guanidine groups is 1. The number of phenolic OH excluding ortho intramolecular Hbond substituents is 1. The molecule has 2 rings (SSSR count). The summed E-state index contributed by atoms with van der Waals surface area (Å²) in [6.45, 7) is 2.78. The van der Waals surface area contributed by atoms with Crippen LogP contribution in [-0.2, 0) is 6.54 Å². The molecule has 1 aliphatic rings. The molecule has 5 nitrogen and oxygen atoms in total. The number of ether oxygens (including phenoxy) is 1. The van der Waals surface area contributed by atoms with Crippen molar-refractivity contribution < 1.29 is 9.84 Å². The van der Waals surface area contributed by atoms with E-state index < -0.39 is 0 Å². The Morgan fingerprint density at radius 2 is 2.04 bits per heavy atom. The maximum Gasteiger partial charge on any atom is 0.191 e. The Morgan fingerprint density at radius 3 is 2.67 bits per heavy atom. The van der Waals surface area contributed by atoms with Crippen LogP contribution in [0.15, 0.2) is 23.2 Å². The number of hydrogen-bond donors (Lipinski definition) is 3. The molecule has 0 amide bonds. The van der Waals surface area contributed by atoms with Gasteiger partial charge in [-0.15, -0.1) is 0 Å². The normalized spacial score (nSPS) is 21.4. The van der Waals surface area contributed by atoms with Crippen molar-refractivity contribution in [2.75, 3.05) is 14.2 Å². The van der Waals surface area contributed by atoms with Crippen LogP contribution in [0.5, 0.6) is 11.5 Å². The molecule has 24 heavy (non-hydrogen) atoms. The molecule has 0 atom stereocenters. The Balaban J connectivity index is 1.83. The smallest absolute Gasteiger partial charge is 0.191 e. The minimum absolute atomic E-state index is 0.263. The molecule has 0 heterocycles. The third-order valence-electron chi connectivity index (χ3n) is 4.84. The molecular formula is C19H31N3O2. The zero-order valence-electron chi connectivity index (χ0n) is 15.1. The van der Waals surface area contributed by atoms with Crippen LogP contribution >= 0.6 is 0 Å². The number of rotatable bonds is 6. The standard InChI is InChI=1S/C19H31N3O2/c1-4-5-14-6-8-16(9-7-14)22-19(20-2)21-13-15-12-17(24-3)10-11-18(15)23/h10-12,14,16,23H,4-9,13H2,1-3H3,(H2,20,21,22). The van der Waals surface area contributed by atoms with Gasteiger partial charge in [0.15, 0.2) is 5.96 Å². The molecular weight excluding hydrogens is 302 g/mol. The molecule has 1 saturated carbocycles. The third kappa shape index (κ3) is 5.32. The average Bonchev–Trinajstić information content (AvgIpc) is 2.61. The van der Waals surface area contributed by atoms with E-state index >= 15 is 0 Å². The van der Waals surface area contributed by atoms with Gasteiger partial charge < -0.3 is 20.5 Å². The van der Waals surface area contributed by atoms with Crippen LogP contribution in [0.1, 0.15) is 51.0 Å². The number of nitrogens with zero attached hydrogens (tertiary/aromatic N) is 1. The molecule has 3 N–H and O–H groups in total. The number of methoxy groups -OCH3 is 1. The number of hydrogen-bond acceptors (Lipinski definition) is 3. The summed E-state index contributed by atoms with van der Waals surface area (Å²) in [5.74, 6) is 2.69. The van der Waals surface area contributed by atoms with Gasteiger partial charge in [-0.05, 0) is 49.8 Å². The fourth-order valence-electron chi connectivity index (χ4n) is 3.40. The Morgan fingerprint density at radius 1 is 1.29 bits per heavy atom. The Bertz CT molecular complexity index is 537. The van der Waals surface area contributed by atoms with Crippen molar-refractivity contribution in [2.45, 2.75) is 58.0 Å². The Kier molecular flexibility index (Phi) is 7.22. The molecule has 0 unspecified atom stereocenters. The van der Waals surface area contributed by atoms with E-state index in [0.29, 0.717) is 12.6 Å². The number of benzene rings is 1. The van der Waals surface area contributed by atoms with Gasteiger partial charge in [-0.25, -0.2) is 0 Å². The topological polar surface area (TPSA) is 65.9 Å². The molecule has 1 aromatic carbocycles. The van der Waals surface area contributed by atoms with E-state index in [1.54, 1.807) is 26.3 Å². The highest BCUT2D eigenvalue weighted by atomic mass is 16.5. The quantitative estimate of drug-likeness (QED) is 0.551. The van der Waals surface area contributed by atoms with Crippen LogP contribution < -0.4 is 15.4 Å². The molecule has 1 fully saturated rings. The van der Waals surface area contributed by atoms with Gasteiger partial charge in [-0.1, -0.05) is 19.8 Å². The maximum atomic E-state index is 9.96. The van der Waals surface area contributed by atoms with Gasteiger partial charge in [0.25, 0.3) is 0 Å². The summed E-state index contributed by atoms with van der Waals surface area (Å²) >= 11 is 0. The minimum Gasteiger partial charge on any atom is -0.508 e. The van der Waals surface area contributed by atoms with Crippen molar-refractivity contribution in [2.24, 2.45) is 10.9 Å². The van der Waals surface area contributed by atoms with Crippen LogP contribution in [0.2, 0.25) is 0 Å². The zero-order chi connectivity index (χ0) is 17.4. The SMILES string of the molecule is CCCC1CCC(NC(=NC)NCc2cc(OC)ccc2O)CC1. The van der Waals surface area contributed by atoms with Gasteiger partial charge in [0.1, 0.15) is 11.5 Å². The summed E-state index contributed by atoms with van der Waals surface area (Å²) in [4.78, 5) is 4.31. The fourth-order valence-corrected chi connectivity index (χ4v) is 3.40. The summed E-state index contributed by atoms with van der Waals surface area (Å²) < 4.78 is 5.21. The van der Waals surface area contributed by atoms with Gasteiger partial charge in [0.05, 0.1) is 7.11 Å². The summed E-state index contributed by atoms with van der Waals surface area (Å²) in [5.41, 5.74) is 0.795. The van der Waals surface area contributed by atoms with E-state index in [1.165, 1.54) is 38.5 Å². The van der Waals surface area contributed by atoms with Gasteiger partial charge >= 0.3 is 0 Å². The van der Waals surface area contributed by atoms with Crippen LogP contribution in [-0.4, -0.2) is 31.3 Å². The molecule has 0 spiro atoms. The summed E-state index contributed by atoms with van der Waals surface area (Å²) in [7, 11) is 3.41. The largest absolute Gasteiger partial charge is 0.508 e. The highest BCUT2D eigenvalue weighted by Crippen LogP contribution is 2.27. The first-order chi connectivity index (χ1) is 11.7. The average molecular weight is 333 g/mol. The van der Waals surface area contributed by atoms with E-state index in [0.717, 1.165) is 23.2 Å². The highest BCUT2D eigenvalue weighted by Gasteiger charge is 2.21. The Hall–Kier alpha value is -1.91. The number of phenols is 1. The lowest BCUT2D eigenvalue weighted by atomic mass is 9.83. The molecule has 1 aromatic rings. The second-order valence-corrected chi connectivity index (χ2v) is 6.57. The van der Waals surface area contributed by atoms with Crippen LogP contribution in [0.3, 0.4) is 0 Å². The zero-order valence-corrected chi connectivity index (χ0v) is 15.1. The van der Waals surface area contributed by atoms with Crippen molar-refractivity contribution in [3.8, 4) is 11.5 Å². The number of nitrogens with one attached hydrogen (secondary N) is 2. The number of aromatic hydroxyl groups is 1. The molecule has 5 heteroatoms. The van der Waals surface area contributed by atoms with Gasteiger partial charge in [-0.2, -0.15) is 0 Å². The van der Waals surface area contributed by atoms with E-state index in [1.807, 2.05) is 6.07 Å². The second kappa shape index (κ2) is 9.40. The molecule has 0 aromatic heterocycles. The first-order valence-electron chi connectivity index (χ1n) is 8.99. The van der Waals surface area contributed by atoms with Crippen LogP contribution in [0, 0.1) is 5.92 Å². The predicted molar refractivity (Wildman–Crippen MR) is 98.6 cm³/mol. The first kappa shape index (κ1) is 18.4. The maximum absolute atomic E-state index is 9.96. The highest BCUT2D eigenvalue weighted by molar-refractivity contribution is 5.80. The predicted octanol–water partition coefficient (Wildman–Crippen LogP) is 3.42. The van der Waals surface area contributed by atoms with E-state index in [9.17, 15) is 5.11 Å². The van der Waals surface area contributed by atoms with Crippen molar-refractivity contribution in [3.05, 3.63) is 23.8 Å². The third-order valence-corrected chi connectivity index (χ3v) is 4.84. The van der Waals surface area contributed by atoms with Gasteiger partial charge in [-0.3, -0.25) is 4.99 Å². The second-order valence-electron chi connectivity index (χ2n) is 6.57. The summed E-state index contributed by atoms with van der Waals surface area (Å²) in [5, 5.41) is 16.8. The molecule has 134 valence electrons. The van der Waals surface area contributed by atoms with Crippen molar-refractivity contribution in [3.63, 3.8) is 0 Å². The molecule has 0 radical (unpaired) electrons. The molecule has 0 bridgehead atoms. The Labute approximate surface area is 145 Å². The first-order valence-corrected chi connectivity index (χ1v) is 8.99. The molecule has 1 aliphatic carbocycles. The van der Waals surface area contributed by atoms with Crippen LogP contribution in [0.4, 0.5) is 0 Å². The van der Waals surface area contributed by atoms with Crippen molar-refractivity contribution >= 4 is 5.96 Å². The summed E-state index contributed by atoms with van der Waals surface area (Å²) in [6.07, 6.45) is 7.66. The van der Waals surface area contributed by atoms with Gasteiger partial charge in [0, 0.05) is 25.2 Å². The van der Waals surface area contributed by atoms with Crippen molar-refractivity contribution in [1.29, 1.82) is 0 Å². The minimum atomic E-state index is 0.263. The molecule has 0 aliphatic heterocycles. The lowest BCUT2D eigenvalue weighted by Crippen LogP contribution is -2.44. The van der Waals surface area contributed by atoms with E-state index in [-0.39, 0.29) is 5.75 Å². The monoisotopic (exact) mass is 333 g/mol. The van der Waals surface area contributed by atoms with E-state index in [4.69, 9.17) is 4.74 Å². The van der Waals surface area contributed by atoms with Crippen molar-refractivity contribution in [1.82, 2.24) is 10.6 Å². The fraction of sp³-hybridized carbons (Fsp3) is 0.632.